The molecular formula is C45H56N6O8S. The van der Waals surface area contributed by atoms with E-state index in [0.717, 1.165) is 46.3 Å². The van der Waals surface area contributed by atoms with Crippen LogP contribution < -0.4 is 20.1 Å². The minimum Gasteiger partial charge on any atom is -0.497 e. The number of alkyl carbamates (subject to hydrolysis) is 1. The quantitative estimate of drug-likeness (QED) is 0.260. The molecule has 2 saturated heterocycles. The molecule has 2 saturated carbocycles. The number of nitrogens with one attached hydrogen (secondary N) is 3. The molecule has 3 aromatic rings. The highest BCUT2D eigenvalue weighted by atomic mass is 32.2. The maximum atomic E-state index is 14.9. The van der Waals surface area contributed by atoms with Crippen molar-refractivity contribution in [2.24, 2.45) is 17.8 Å². The number of pyridine rings is 1. The number of fused-ring (bicyclic) bond motifs is 5. The van der Waals surface area contributed by atoms with E-state index in [0.29, 0.717) is 51.7 Å². The van der Waals surface area contributed by atoms with E-state index in [1.807, 2.05) is 54.6 Å². The van der Waals surface area contributed by atoms with Crippen LogP contribution in [0.5, 0.6) is 5.75 Å². The summed E-state index contributed by atoms with van der Waals surface area (Å²) >= 11 is 0. The molecule has 14 nitrogen and oxygen atoms in total. The predicted molar refractivity (Wildman–Crippen MR) is 226 cm³/mol. The van der Waals surface area contributed by atoms with Gasteiger partial charge in [0.1, 0.15) is 29.0 Å². The Kier molecular flexibility index (Phi) is 11.4. The molecule has 4 amide bonds. The van der Waals surface area contributed by atoms with Gasteiger partial charge < -0.3 is 25.0 Å². The van der Waals surface area contributed by atoms with Crippen LogP contribution in [0.2, 0.25) is 0 Å². The van der Waals surface area contributed by atoms with Crippen molar-refractivity contribution in [2.45, 2.75) is 107 Å². The molecule has 0 radical (unpaired) electrons. The van der Waals surface area contributed by atoms with Crippen molar-refractivity contribution in [1.82, 2.24) is 30.1 Å². The Balaban J connectivity index is 1.10. The third-order valence-corrected chi connectivity index (χ3v) is 14.4. The summed E-state index contributed by atoms with van der Waals surface area (Å²) < 4.78 is 39.2. The predicted octanol–water partition coefficient (Wildman–Crippen LogP) is 5.07. The number of methoxy groups -OCH3 is 1. The lowest BCUT2D eigenvalue weighted by molar-refractivity contribution is -0.142. The van der Waals surface area contributed by atoms with Crippen molar-refractivity contribution < 1.29 is 37.1 Å². The highest BCUT2D eigenvalue weighted by molar-refractivity contribution is 7.91. The van der Waals surface area contributed by atoms with Crippen molar-refractivity contribution in [2.75, 3.05) is 26.7 Å². The molecule has 1 aromatic heterocycles. The number of ether oxygens (including phenoxy) is 2. The molecule has 0 spiro atoms. The second-order valence-electron chi connectivity index (χ2n) is 18.2. The van der Waals surface area contributed by atoms with Crippen LogP contribution in [-0.2, 0) is 35.7 Å². The van der Waals surface area contributed by atoms with Gasteiger partial charge in [0.05, 0.1) is 23.6 Å². The number of amides is 4. The number of allylic oxidation sites excluding steroid dienone is 1. The zero-order chi connectivity index (χ0) is 42.4. The van der Waals surface area contributed by atoms with E-state index in [9.17, 15) is 27.6 Å². The van der Waals surface area contributed by atoms with Crippen LogP contribution in [0.1, 0.15) is 77.7 Å². The summed E-state index contributed by atoms with van der Waals surface area (Å²) in [4.78, 5) is 65.6. The lowest BCUT2D eigenvalue weighted by atomic mass is 9.93. The number of aromatic nitrogens is 1. The molecule has 15 heteroatoms. The fraction of sp³-hybridized carbons (Fsp3) is 0.533. The Morgan fingerprint density at radius 3 is 2.48 bits per heavy atom. The van der Waals surface area contributed by atoms with Crippen LogP contribution in [-0.4, -0.2) is 102 Å². The summed E-state index contributed by atoms with van der Waals surface area (Å²) in [7, 11) is -2.26. The molecule has 8 rings (SSSR count). The number of nitrogens with zero attached hydrogens (tertiary/aromatic N) is 3. The third-order valence-electron chi connectivity index (χ3n) is 12.6. The first-order valence-corrected chi connectivity index (χ1v) is 22.8. The van der Waals surface area contributed by atoms with Crippen LogP contribution in [0.25, 0.3) is 22.2 Å². The van der Waals surface area contributed by atoms with Gasteiger partial charge in [-0.1, -0.05) is 43.2 Å². The molecular weight excluding hydrogens is 785 g/mol. The van der Waals surface area contributed by atoms with Gasteiger partial charge in [-0.2, -0.15) is 0 Å². The molecule has 0 bridgehead atoms. The molecule has 4 fully saturated rings. The van der Waals surface area contributed by atoms with Gasteiger partial charge in [0, 0.05) is 49.0 Å². The average Bonchev–Trinajstić information content (AvgIpc) is 4.11. The molecule has 3 N–H and O–H groups in total. The van der Waals surface area contributed by atoms with Gasteiger partial charge in [0.2, 0.25) is 21.8 Å². The van der Waals surface area contributed by atoms with E-state index >= 15 is 0 Å². The number of likely N-dealkylation sites (tertiary alicyclic amines) is 1. The first kappa shape index (κ1) is 41.7. The van der Waals surface area contributed by atoms with Gasteiger partial charge in [-0.05, 0) is 107 Å². The summed E-state index contributed by atoms with van der Waals surface area (Å²) in [6.07, 6.45) is 7.77. The Morgan fingerprint density at radius 1 is 0.983 bits per heavy atom. The molecule has 4 heterocycles. The number of benzene rings is 2. The van der Waals surface area contributed by atoms with E-state index in [1.165, 1.54) is 0 Å². The normalized spacial score (nSPS) is 28.0. The van der Waals surface area contributed by atoms with Crippen molar-refractivity contribution in [3.05, 3.63) is 72.3 Å². The fourth-order valence-corrected chi connectivity index (χ4v) is 10.6. The number of para-hydroxylation sites is 1. The Bertz CT molecular complexity index is 2290. The van der Waals surface area contributed by atoms with Crippen LogP contribution in [0.15, 0.2) is 66.7 Å². The van der Waals surface area contributed by atoms with Gasteiger partial charge in [0.25, 0.3) is 5.91 Å². The standard InChI is InChI=1S/C45H56N6O8S/c1-44(2,3)59-43(55)47-37-15-9-7-5-6-8-12-31-23-45(31,42(54)49-60(56,57)33-20-21-33)48-40(52)39-35-27-50(25-30(35)26-51(39)41(37)53)24-29-22-38(28-16-18-32(58-4)19-17-28)46-36-14-11-10-13-34(29)36/h8,10-14,16-19,22,30-31,33,35,37,39H,5-7,9,15,20-21,23-27H2,1-4H3,(H,47,55)(H,48,52)(H,49,54)/b12-8-/t30-,31+,35-,37+,39-,45+/m0/s1. The largest absolute Gasteiger partial charge is 0.497 e. The van der Waals surface area contributed by atoms with Crippen molar-refractivity contribution in [3.63, 3.8) is 0 Å². The maximum Gasteiger partial charge on any atom is 0.408 e. The number of carbonyl (C=O) groups excluding carboxylic acids is 4. The summed E-state index contributed by atoms with van der Waals surface area (Å²) in [6.45, 7) is 7.22. The van der Waals surface area contributed by atoms with Gasteiger partial charge in [0.15, 0.2) is 0 Å². The van der Waals surface area contributed by atoms with Crippen molar-refractivity contribution in [3.8, 4) is 17.0 Å². The Hall–Kier alpha value is -5.02. The summed E-state index contributed by atoms with van der Waals surface area (Å²) in [6, 6.07) is 16.0. The fourth-order valence-electron chi connectivity index (χ4n) is 9.27. The molecule has 6 atom stereocenters. The molecule has 5 aliphatic rings. The monoisotopic (exact) mass is 840 g/mol. The summed E-state index contributed by atoms with van der Waals surface area (Å²) in [5, 5.41) is 6.26. The average molecular weight is 841 g/mol. The second kappa shape index (κ2) is 16.4. The minimum absolute atomic E-state index is 0.0881. The number of hydrogen-bond acceptors (Lipinski definition) is 10. The lowest BCUT2D eigenvalue weighted by Crippen LogP contribution is -2.60. The smallest absolute Gasteiger partial charge is 0.408 e. The lowest BCUT2D eigenvalue weighted by Gasteiger charge is -2.33. The molecule has 0 unspecified atom stereocenters. The van der Waals surface area contributed by atoms with Crippen molar-refractivity contribution in [1.29, 1.82) is 0 Å². The first-order valence-electron chi connectivity index (χ1n) is 21.2. The van der Waals surface area contributed by atoms with Crippen LogP contribution in [0.4, 0.5) is 4.79 Å². The van der Waals surface area contributed by atoms with Gasteiger partial charge in [-0.25, -0.2) is 18.2 Å². The molecule has 320 valence electrons. The van der Waals surface area contributed by atoms with Crippen LogP contribution in [0, 0.1) is 17.8 Å². The van der Waals surface area contributed by atoms with E-state index in [4.69, 9.17) is 14.5 Å². The van der Waals surface area contributed by atoms with Gasteiger partial charge >= 0.3 is 6.09 Å². The maximum absolute atomic E-state index is 14.9. The number of rotatable bonds is 8. The topological polar surface area (TPSA) is 176 Å². The van der Waals surface area contributed by atoms with Crippen LogP contribution >= 0.6 is 0 Å². The first-order chi connectivity index (χ1) is 28.6. The van der Waals surface area contributed by atoms with Crippen LogP contribution in [0.3, 0.4) is 0 Å². The SMILES string of the molecule is COc1ccc(-c2cc(CN3C[C@H]4CN5C(=O)[C@H](NC(=O)OC(C)(C)C)CCCCC/C=C\[C@@H]6C[C@@]6(C(=O)NS(=O)(=O)C6CC6)NC(=O)[C@@H]5[C@H]4C3)c3ccccc3n2)cc1. The Morgan fingerprint density at radius 2 is 1.75 bits per heavy atom. The number of sulfonamides is 1. The Labute approximate surface area is 351 Å². The van der Waals surface area contributed by atoms with Gasteiger partial charge in [-0.3, -0.25) is 24.0 Å². The minimum atomic E-state index is -3.89. The van der Waals surface area contributed by atoms with Gasteiger partial charge in [-0.15, -0.1) is 0 Å². The molecule has 2 aromatic carbocycles. The van der Waals surface area contributed by atoms with E-state index in [1.54, 1.807) is 32.8 Å². The third kappa shape index (κ3) is 8.88. The summed E-state index contributed by atoms with van der Waals surface area (Å²) in [5.74, 6) is -1.66. The molecule has 2 aliphatic carbocycles. The zero-order valence-electron chi connectivity index (χ0n) is 34.8. The number of carbonyl (C=O) groups is 4. The van der Waals surface area contributed by atoms with E-state index < -0.39 is 62.3 Å². The van der Waals surface area contributed by atoms with E-state index in [2.05, 4.69) is 32.4 Å². The highest BCUT2D eigenvalue weighted by Crippen LogP contribution is 2.47. The second-order valence-corrected chi connectivity index (χ2v) is 20.1. The molecule has 3 aliphatic heterocycles. The highest BCUT2D eigenvalue weighted by Gasteiger charge is 2.63. The summed E-state index contributed by atoms with van der Waals surface area (Å²) in [5.41, 5.74) is 1.46. The number of hydrogen-bond donors (Lipinski definition) is 3. The van der Waals surface area contributed by atoms with Crippen molar-refractivity contribution >= 4 is 44.7 Å². The molecule has 60 heavy (non-hydrogen) atoms. The zero-order valence-corrected chi connectivity index (χ0v) is 35.6. The van der Waals surface area contributed by atoms with E-state index in [-0.39, 0.29) is 30.7 Å².